The molecule has 0 bridgehead atoms. The number of likely N-dealkylation sites (tertiary alicyclic amines) is 1. The van der Waals surface area contributed by atoms with Crippen molar-refractivity contribution in [1.82, 2.24) is 15.5 Å². The van der Waals surface area contributed by atoms with Crippen LogP contribution in [0.3, 0.4) is 0 Å². The molecular formula is C25H29Cl2N3O3S. The first-order valence-electron chi connectivity index (χ1n) is 11.0. The fourth-order valence-corrected chi connectivity index (χ4v) is 4.49. The van der Waals surface area contributed by atoms with Gasteiger partial charge in [-0.05, 0) is 70.0 Å². The number of hydrogen-bond donors (Lipinski definition) is 2. The van der Waals surface area contributed by atoms with Crippen LogP contribution in [0.25, 0.3) is 0 Å². The maximum Gasteiger partial charge on any atom is 0.408 e. The molecule has 0 radical (unpaired) electrons. The fourth-order valence-electron chi connectivity index (χ4n) is 3.79. The fraction of sp³-hybridized carbons (Fsp3) is 0.400. The molecule has 2 amide bonds. The molecule has 0 spiro atoms. The van der Waals surface area contributed by atoms with Gasteiger partial charge in [0.15, 0.2) is 0 Å². The Balaban J connectivity index is 1.75. The van der Waals surface area contributed by atoms with Gasteiger partial charge in [0.1, 0.15) is 10.6 Å². The van der Waals surface area contributed by atoms with Crippen LogP contribution in [0.2, 0.25) is 10.0 Å². The van der Waals surface area contributed by atoms with E-state index in [2.05, 4.69) is 10.6 Å². The summed E-state index contributed by atoms with van der Waals surface area (Å²) in [5.41, 5.74) is -0.0367. The number of thiocarbonyl (C=S) groups is 1. The summed E-state index contributed by atoms with van der Waals surface area (Å²) >= 11 is 18.0. The van der Waals surface area contributed by atoms with E-state index in [9.17, 15) is 9.59 Å². The van der Waals surface area contributed by atoms with Crippen LogP contribution >= 0.6 is 35.4 Å². The second kappa shape index (κ2) is 10.5. The van der Waals surface area contributed by atoms with Crippen molar-refractivity contribution in [3.63, 3.8) is 0 Å². The third-order valence-electron chi connectivity index (χ3n) is 5.46. The minimum atomic E-state index is -0.709. The largest absolute Gasteiger partial charge is 0.444 e. The van der Waals surface area contributed by atoms with Crippen molar-refractivity contribution in [3.8, 4) is 0 Å². The molecule has 0 saturated carbocycles. The standard InChI is InChI=1S/C25H29Cl2N3O3S/c1-24(2,3)33-23(32)28-20(16-7-5-9-18(26)13-16)15-30-12-11-25(4,22(30)34)29-21(31)17-8-6-10-19(27)14-17/h5-10,13-14,20H,11-12,15H2,1-4H3,(H,28,32)(H,29,31). The van der Waals surface area contributed by atoms with Gasteiger partial charge in [0.25, 0.3) is 5.91 Å². The molecule has 1 heterocycles. The average molecular weight is 522 g/mol. The van der Waals surface area contributed by atoms with Crippen LogP contribution < -0.4 is 10.6 Å². The minimum absolute atomic E-state index is 0.243. The Labute approximate surface area is 215 Å². The molecule has 2 atom stereocenters. The Morgan fingerprint density at radius 3 is 2.41 bits per heavy atom. The Kier molecular flexibility index (Phi) is 8.11. The number of ether oxygens (including phenoxy) is 1. The summed E-state index contributed by atoms with van der Waals surface area (Å²) in [6.45, 7) is 8.37. The van der Waals surface area contributed by atoms with Gasteiger partial charge in [-0.1, -0.05) is 53.6 Å². The predicted octanol–water partition coefficient (Wildman–Crippen LogP) is 5.78. The lowest BCUT2D eigenvalue weighted by Crippen LogP contribution is -2.52. The molecule has 6 nitrogen and oxygen atoms in total. The van der Waals surface area contributed by atoms with E-state index in [1.165, 1.54) is 0 Å². The normalized spacial score (nSPS) is 19.0. The lowest BCUT2D eigenvalue weighted by molar-refractivity contribution is 0.0497. The Bertz CT molecular complexity index is 1090. The molecule has 1 saturated heterocycles. The van der Waals surface area contributed by atoms with Crippen molar-refractivity contribution in [1.29, 1.82) is 0 Å². The molecule has 3 rings (SSSR count). The van der Waals surface area contributed by atoms with Crippen molar-refractivity contribution in [2.45, 2.75) is 51.3 Å². The van der Waals surface area contributed by atoms with E-state index in [0.717, 1.165) is 5.56 Å². The number of rotatable bonds is 6. The van der Waals surface area contributed by atoms with E-state index in [1.807, 2.05) is 50.8 Å². The highest BCUT2D eigenvalue weighted by Crippen LogP contribution is 2.28. The summed E-state index contributed by atoms with van der Waals surface area (Å²) in [5, 5.41) is 7.06. The van der Waals surface area contributed by atoms with Crippen LogP contribution in [-0.4, -0.2) is 46.1 Å². The van der Waals surface area contributed by atoms with Gasteiger partial charge < -0.3 is 20.3 Å². The van der Waals surface area contributed by atoms with Gasteiger partial charge >= 0.3 is 6.09 Å². The molecule has 1 fully saturated rings. The van der Waals surface area contributed by atoms with Crippen molar-refractivity contribution in [2.75, 3.05) is 13.1 Å². The third-order valence-corrected chi connectivity index (χ3v) is 6.64. The molecule has 2 aromatic rings. The van der Waals surface area contributed by atoms with Crippen LogP contribution in [0.5, 0.6) is 0 Å². The number of alkyl carbamates (subject to hydrolysis) is 1. The van der Waals surface area contributed by atoms with Crippen LogP contribution in [0.4, 0.5) is 4.79 Å². The Morgan fingerprint density at radius 1 is 1.15 bits per heavy atom. The minimum Gasteiger partial charge on any atom is -0.444 e. The van der Waals surface area contributed by atoms with Crippen LogP contribution in [0.1, 0.15) is 56.1 Å². The highest BCUT2D eigenvalue weighted by atomic mass is 35.5. The summed E-state index contributed by atoms with van der Waals surface area (Å²) in [6.07, 6.45) is 0.104. The lowest BCUT2D eigenvalue weighted by atomic mass is 10.0. The SMILES string of the molecule is CC(C)(C)OC(=O)NC(CN1CCC(C)(NC(=O)c2cccc(Cl)c2)C1=S)c1cccc(Cl)c1. The maximum absolute atomic E-state index is 12.8. The number of nitrogens with one attached hydrogen (secondary N) is 2. The Hall–Kier alpha value is -2.35. The molecule has 2 unspecified atom stereocenters. The molecule has 182 valence electrons. The smallest absolute Gasteiger partial charge is 0.408 e. The summed E-state index contributed by atoms with van der Waals surface area (Å²) in [5.74, 6) is -0.243. The van der Waals surface area contributed by atoms with Crippen LogP contribution in [0, 0.1) is 0 Å². The first-order chi connectivity index (χ1) is 15.9. The van der Waals surface area contributed by atoms with E-state index in [-0.39, 0.29) is 5.91 Å². The van der Waals surface area contributed by atoms with Gasteiger partial charge in [0.2, 0.25) is 0 Å². The number of halogens is 2. The molecular weight excluding hydrogens is 493 g/mol. The second-order valence-electron chi connectivity index (χ2n) is 9.55. The van der Waals surface area contributed by atoms with Crippen LogP contribution in [0.15, 0.2) is 48.5 Å². The van der Waals surface area contributed by atoms with Gasteiger partial charge in [-0.25, -0.2) is 4.79 Å². The topological polar surface area (TPSA) is 70.7 Å². The number of carbonyl (C=O) groups is 2. The molecule has 2 N–H and O–H groups in total. The monoisotopic (exact) mass is 521 g/mol. The number of nitrogens with zero attached hydrogens (tertiary/aromatic N) is 1. The Morgan fingerprint density at radius 2 is 1.79 bits per heavy atom. The molecule has 0 aliphatic carbocycles. The third kappa shape index (κ3) is 6.84. The number of carbonyl (C=O) groups excluding carboxylic acids is 2. The summed E-state index contributed by atoms with van der Waals surface area (Å²) in [4.78, 5) is 28.0. The van der Waals surface area contributed by atoms with Gasteiger partial charge in [-0.3, -0.25) is 4.79 Å². The van der Waals surface area contributed by atoms with E-state index in [4.69, 9.17) is 40.2 Å². The highest BCUT2D eigenvalue weighted by Gasteiger charge is 2.41. The van der Waals surface area contributed by atoms with E-state index in [0.29, 0.717) is 40.1 Å². The first-order valence-corrected chi connectivity index (χ1v) is 12.2. The molecule has 2 aromatic carbocycles. The van der Waals surface area contributed by atoms with Crippen molar-refractivity contribution in [2.24, 2.45) is 0 Å². The van der Waals surface area contributed by atoms with E-state index >= 15 is 0 Å². The number of hydrogen-bond acceptors (Lipinski definition) is 4. The van der Waals surface area contributed by atoms with Crippen molar-refractivity contribution in [3.05, 3.63) is 69.7 Å². The summed E-state index contributed by atoms with van der Waals surface area (Å²) in [6, 6.07) is 13.7. The predicted molar refractivity (Wildman–Crippen MR) is 140 cm³/mol. The zero-order chi connectivity index (χ0) is 25.1. The molecule has 1 aliphatic heterocycles. The molecule has 34 heavy (non-hydrogen) atoms. The summed E-state index contributed by atoms with van der Waals surface area (Å²) < 4.78 is 5.46. The number of amides is 2. The quantitative estimate of drug-likeness (QED) is 0.471. The van der Waals surface area contributed by atoms with Crippen LogP contribution in [-0.2, 0) is 4.74 Å². The van der Waals surface area contributed by atoms with Crippen molar-refractivity contribution >= 4 is 52.4 Å². The van der Waals surface area contributed by atoms with Gasteiger partial charge in [0, 0.05) is 28.7 Å². The lowest BCUT2D eigenvalue weighted by Gasteiger charge is -2.31. The zero-order valence-electron chi connectivity index (χ0n) is 19.7. The number of benzene rings is 2. The van der Waals surface area contributed by atoms with E-state index in [1.54, 1.807) is 30.3 Å². The van der Waals surface area contributed by atoms with Gasteiger partial charge in [-0.15, -0.1) is 0 Å². The van der Waals surface area contributed by atoms with Gasteiger partial charge in [-0.2, -0.15) is 0 Å². The highest BCUT2D eigenvalue weighted by molar-refractivity contribution is 7.80. The molecule has 0 aromatic heterocycles. The van der Waals surface area contributed by atoms with Gasteiger partial charge in [0.05, 0.1) is 11.6 Å². The van der Waals surface area contributed by atoms with E-state index < -0.39 is 23.3 Å². The molecule has 9 heteroatoms. The summed E-state index contributed by atoms with van der Waals surface area (Å²) in [7, 11) is 0. The van der Waals surface area contributed by atoms with Crippen molar-refractivity contribution < 1.29 is 14.3 Å². The maximum atomic E-state index is 12.8. The molecule has 1 aliphatic rings. The first kappa shape index (κ1) is 26.3. The average Bonchev–Trinajstić information content (AvgIpc) is 3.00. The zero-order valence-corrected chi connectivity index (χ0v) is 22.0. The second-order valence-corrected chi connectivity index (χ2v) is 10.8.